The van der Waals surface area contributed by atoms with Gasteiger partial charge >= 0.3 is 5.97 Å². The van der Waals surface area contributed by atoms with E-state index >= 15 is 0 Å². The molecule has 1 aliphatic heterocycles. The van der Waals surface area contributed by atoms with Gasteiger partial charge in [-0.05, 0) is 36.3 Å². The minimum atomic E-state index is -2.11. The highest BCUT2D eigenvalue weighted by Crippen LogP contribution is 2.41. The van der Waals surface area contributed by atoms with E-state index in [9.17, 15) is 4.79 Å². The average Bonchev–Trinajstić information content (AvgIpc) is 2.64. The Kier molecular flexibility index (Phi) is 7.37. The van der Waals surface area contributed by atoms with Crippen molar-refractivity contribution in [1.29, 1.82) is 0 Å². The Morgan fingerprint density at radius 3 is 1.68 bits per heavy atom. The van der Waals surface area contributed by atoms with Crippen LogP contribution in [0.1, 0.15) is 47.1 Å². The average molecular weight is 465 g/mol. The number of hydrogen-bond acceptors (Lipinski definition) is 5. The van der Waals surface area contributed by atoms with Gasteiger partial charge in [-0.15, -0.1) is 0 Å². The fraction of sp³-hybridized carbons (Fsp3) is 0.625. The van der Waals surface area contributed by atoms with Gasteiger partial charge in [0.05, 0.1) is 6.08 Å². The fourth-order valence-corrected chi connectivity index (χ4v) is 4.52. The third-order valence-corrected chi connectivity index (χ3v) is 15.8. The molecule has 0 bridgehead atoms. The zero-order valence-corrected chi connectivity index (χ0v) is 22.9. The molecule has 0 aliphatic carbocycles. The molecule has 7 heteroatoms. The molecule has 0 unspecified atom stereocenters. The largest absolute Gasteiger partial charge is 0.447 e. The highest BCUT2D eigenvalue weighted by molar-refractivity contribution is 6.74. The first-order chi connectivity index (χ1) is 14.0. The molecule has 5 nitrogen and oxygen atoms in total. The predicted molar refractivity (Wildman–Crippen MR) is 131 cm³/mol. The Hall–Kier alpha value is -1.42. The van der Waals surface area contributed by atoms with Crippen LogP contribution < -0.4 is 0 Å². The number of cyclic esters (lactones) is 1. The summed E-state index contributed by atoms with van der Waals surface area (Å²) in [5.41, 5.74) is 0.822. The van der Waals surface area contributed by atoms with Crippen molar-refractivity contribution in [2.45, 2.75) is 83.6 Å². The van der Waals surface area contributed by atoms with Crippen LogP contribution in [0, 0.1) is 0 Å². The summed E-state index contributed by atoms with van der Waals surface area (Å²) in [5.74, 6) is -1.28. The molecule has 1 aromatic rings. The molecule has 1 aromatic carbocycles. The summed E-state index contributed by atoms with van der Waals surface area (Å²) >= 11 is 0. The molecule has 0 amide bonds. The lowest BCUT2D eigenvalue weighted by atomic mass is 10.1. The van der Waals surface area contributed by atoms with Crippen LogP contribution >= 0.6 is 0 Å². The summed E-state index contributed by atoms with van der Waals surface area (Å²) in [6.07, 6.45) is 1.40. The summed E-state index contributed by atoms with van der Waals surface area (Å²) in [4.78, 5) is 12.6. The first-order valence-electron chi connectivity index (χ1n) is 11.0. The van der Waals surface area contributed by atoms with E-state index in [-0.39, 0.29) is 23.3 Å². The van der Waals surface area contributed by atoms with Gasteiger partial charge in [0.15, 0.2) is 16.6 Å². The highest BCUT2D eigenvalue weighted by Gasteiger charge is 2.48. The molecular formula is C24H40O5Si2. The first kappa shape index (κ1) is 25.8. The second-order valence-electron chi connectivity index (χ2n) is 11.4. The van der Waals surface area contributed by atoms with E-state index in [2.05, 4.69) is 67.7 Å². The molecule has 174 valence electrons. The number of benzene rings is 1. The summed E-state index contributed by atoms with van der Waals surface area (Å²) in [6, 6.07) is 9.59. The molecule has 1 heterocycles. The van der Waals surface area contributed by atoms with Crippen molar-refractivity contribution in [1.82, 2.24) is 0 Å². The molecule has 0 saturated heterocycles. The highest BCUT2D eigenvalue weighted by atomic mass is 28.4. The van der Waals surface area contributed by atoms with Crippen LogP contribution in [-0.4, -0.2) is 41.6 Å². The topological polar surface area (TPSA) is 54.0 Å². The van der Waals surface area contributed by atoms with E-state index in [0.29, 0.717) is 5.76 Å². The molecule has 31 heavy (non-hydrogen) atoms. The molecule has 0 saturated carbocycles. The van der Waals surface area contributed by atoms with Crippen LogP contribution in [0.5, 0.6) is 0 Å². The lowest BCUT2D eigenvalue weighted by Crippen LogP contribution is -2.55. The van der Waals surface area contributed by atoms with E-state index in [1.165, 1.54) is 6.08 Å². The number of carbonyl (C=O) groups is 1. The lowest BCUT2D eigenvalue weighted by molar-refractivity contribution is -0.231. The van der Waals surface area contributed by atoms with Crippen molar-refractivity contribution in [3.05, 3.63) is 42.0 Å². The number of esters is 1. The quantitative estimate of drug-likeness (QED) is 0.348. The maximum Gasteiger partial charge on any atom is 0.337 e. The van der Waals surface area contributed by atoms with Crippen LogP contribution in [-0.2, 0) is 23.1 Å². The van der Waals surface area contributed by atoms with Crippen molar-refractivity contribution in [3.8, 4) is 0 Å². The van der Waals surface area contributed by atoms with Crippen molar-refractivity contribution >= 4 is 28.4 Å². The van der Waals surface area contributed by atoms with Crippen LogP contribution in [0.4, 0.5) is 0 Å². The van der Waals surface area contributed by atoms with Gasteiger partial charge in [-0.3, -0.25) is 0 Å². The van der Waals surface area contributed by atoms with Gasteiger partial charge in [-0.25, -0.2) is 4.79 Å². The first-order valence-corrected chi connectivity index (χ1v) is 16.8. The predicted octanol–water partition coefficient (Wildman–Crippen LogP) is 6.34. The third-order valence-electron chi connectivity index (χ3n) is 6.81. The molecule has 0 radical (unpaired) electrons. The molecular weight excluding hydrogens is 424 g/mol. The SMILES string of the molecule is CC(C)(C)[Si](C)(C)OCC1(CO[Si](C)(C)C(C)(C)C)OC(=O)C=C(c2ccccc2)O1. The number of hydrogen-bond donors (Lipinski definition) is 0. The summed E-state index contributed by atoms with van der Waals surface area (Å²) in [5, 5.41) is 0.0382. The Balaban J connectivity index is 2.36. The number of ether oxygens (including phenoxy) is 2. The van der Waals surface area contributed by atoms with Gasteiger partial charge in [0.25, 0.3) is 5.79 Å². The Bertz CT molecular complexity index is 771. The molecule has 0 aromatic heterocycles. The van der Waals surface area contributed by atoms with Crippen molar-refractivity contribution in [3.63, 3.8) is 0 Å². The molecule has 0 N–H and O–H groups in total. The van der Waals surface area contributed by atoms with Crippen LogP contribution in [0.3, 0.4) is 0 Å². The minimum Gasteiger partial charge on any atom is -0.447 e. The molecule has 0 atom stereocenters. The second-order valence-corrected chi connectivity index (χ2v) is 21.0. The summed E-state index contributed by atoms with van der Waals surface area (Å²) in [6.45, 7) is 22.1. The zero-order chi connectivity index (χ0) is 23.7. The summed E-state index contributed by atoms with van der Waals surface area (Å²) in [7, 11) is -4.21. The van der Waals surface area contributed by atoms with E-state index in [4.69, 9.17) is 18.3 Å². The van der Waals surface area contributed by atoms with E-state index in [1.807, 2.05) is 30.3 Å². The number of rotatable bonds is 7. The van der Waals surface area contributed by atoms with Crippen molar-refractivity contribution in [2.24, 2.45) is 0 Å². The van der Waals surface area contributed by atoms with Crippen molar-refractivity contribution < 1.29 is 23.1 Å². The second kappa shape index (κ2) is 8.85. The van der Waals surface area contributed by atoms with Gasteiger partial charge < -0.3 is 18.3 Å². The maximum absolute atomic E-state index is 12.6. The fourth-order valence-electron chi connectivity index (χ4n) is 2.49. The standard InChI is InChI=1S/C24H40O5Si2/c1-22(2,3)30(7,8)26-17-24(18-27-31(9,10)23(4,5)6)28-20(16-21(25)29-24)19-14-12-11-13-15-19/h11-16H,17-18H2,1-10H3. The summed E-state index contributed by atoms with van der Waals surface area (Å²) < 4.78 is 25.1. The van der Waals surface area contributed by atoms with E-state index in [0.717, 1.165) is 5.56 Å². The normalized spacial score (nSPS) is 17.6. The zero-order valence-electron chi connectivity index (χ0n) is 20.9. The molecule has 0 spiro atoms. The molecule has 2 rings (SSSR count). The van der Waals surface area contributed by atoms with E-state index < -0.39 is 28.4 Å². The van der Waals surface area contributed by atoms with Crippen LogP contribution in [0.2, 0.25) is 36.3 Å². The van der Waals surface area contributed by atoms with E-state index in [1.54, 1.807) is 0 Å². The van der Waals surface area contributed by atoms with Gasteiger partial charge in [-0.1, -0.05) is 71.9 Å². The van der Waals surface area contributed by atoms with Crippen LogP contribution in [0.25, 0.3) is 5.76 Å². The Morgan fingerprint density at radius 1 is 0.806 bits per heavy atom. The van der Waals surface area contributed by atoms with Gasteiger partial charge in [-0.2, -0.15) is 0 Å². The number of carbonyl (C=O) groups excluding carboxylic acids is 1. The molecule has 1 aliphatic rings. The van der Waals surface area contributed by atoms with Gasteiger partial charge in [0, 0.05) is 5.56 Å². The Labute approximate surface area is 190 Å². The lowest BCUT2D eigenvalue weighted by Gasteiger charge is -2.44. The molecule has 0 fully saturated rings. The van der Waals surface area contributed by atoms with Crippen molar-refractivity contribution in [2.75, 3.05) is 13.2 Å². The smallest absolute Gasteiger partial charge is 0.337 e. The third kappa shape index (κ3) is 6.31. The van der Waals surface area contributed by atoms with Crippen LogP contribution in [0.15, 0.2) is 36.4 Å². The maximum atomic E-state index is 12.6. The minimum absolute atomic E-state index is 0.0191. The van der Waals surface area contributed by atoms with Gasteiger partial charge in [0.1, 0.15) is 19.0 Å². The van der Waals surface area contributed by atoms with Gasteiger partial charge in [0.2, 0.25) is 0 Å². The monoisotopic (exact) mass is 464 g/mol. The Morgan fingerprint density at radius 2 is 1.26 bits per heavy atom.